The topological polar surface area (TPSA) is 35.2 Å². The van der Waals surface area contributed by atoms with Crippen molar-refractivity contribution in [1.82, 2.24) is 0 Å². The molecule has 1 aliphatic rings. The Morgan fingerprint density at radius 1 is 1.64 bits per heavy atom. The standard InChI is InChI=1S/C10H14ClNOS/c1-13-9(6-2-3-6)8(12)10-7(11)4-5-14-10/h4-6,8-9H,2-3,12H2,1H3. The van der Waals surface area contributed by atoms with E-state index in [1.807, 2.05) is 11.4 Å². The molecule has 14 heavy (non-hydrogen) atoms. The van der Waals surface area contributed by atoms with Crippen molar-refractivity contribution >= 4 is 22.9 Å². The maximum atomic E-state index is 6.14. The van der Waals surface area contributed by atoms with E-state index in [2.05, 4.69) is 0 Å². The number of hydrogen-bond acceptors (Lipinski definition) is 3. The molecular weight excluding hydrogens is 218 g/mol. The van der Waals surface area contributed by atoms with Gasteiger partial charge in [-0.05, 0) is 30.2 Å². The van der Waals surface area contributed by atoms with Gasteiger partial charge in [0.1, 0.15) is 0 Å². The van der Waals surface area contributed by atoms with Gasteiger partial charge in [0.2, 0.25) is 0 Å². The first kappa shape index (κ1) is 10.4. The van der Waals surface area contributed by atoms with Crippen LogP contribution in [0, 0.1) is 5.92 Å². The maximum absolute atomic E-state index is 6.14. The summed E-state index contributed by atoms with van der Waals surface area (Å²) in [4.78, 5) is 1.05. The van der Waals surface area contributed by atoms with Gasteiger partial charge in [-0.2, -0.15) is 0 Å². The third-order valence-electron chi connectivity index (χ3n) is 2.66. The predicted octanol–water partition coefficient (Wildman–Crippen LogP) is 2.83. The van der Waals surface area contributed by atoms with Crippen molar-refractivity contribution in [2.24, 2.45) is 11.7 Å². The summed E-state index contributed by atoms with van der Waals surface area (Å²) in [5.74, 6) is 0.633. The van der Waals surface area contributed by atoms with Crippen LogP contribution in [0.4, 0.5) is 0 Å². The van der Waals surface area contributed by atoms with Gasteiger partial charge in [-0.25, -0.2) is 0 Å². The average Bonchev–Trinajstić information content (AvgIpc) is 2.90. The summed E-state index contributed by atoms with van der Waals surface area (Å²) in [6.07, 6.45) is 2.59. The molecule has 1 aliphatic carbocycles. The van der Waals surface area contributed by atoms with E-state index < -0.39 is 0 Å². The molecular formula is C10H14ClNOS. The molecule has 1 fully saturated rings. The predicted molar refractivity (Wildman–Crippen MR) is 59.8 cm³/mol. The van der Waals surface area contributed by atoms with Crippen LogP contribution in [0.1, 0.15) is 23.8 Å². The zero-order chi connectivity index (χ0) is 10.1. The summed E-state index contributed by atoms with van der Waals surface area (Å²) in [7, 11) is 1.73. The van der Waals surface area contributed by atoms with Gasteiger partial charge in [-0.1, -0.05) is 11.6 Å². The Morgan fingerprint density at radius 2 is 2.36 bits per heavy atom. The van der Waals surface area contributed by atoms with Crippen LogP contribution >= 0.6 is 22.9 Å². The van der Waals surface area contributed by atoms with Crippen LogP contribution < -0.4 is 5.73 Å². The molecule has 2 N–H and O–H groups in total. The molecule has 2 rings (SSSR count). The number of thiophene rings is 1. The molecule has 0 amide bonds. The Kier molecular flexibility index (Phi) is 3.12. The summed E-state index contributed by atoms with van der Waals surface area (Å²) in [6, 6.07) is 1.82. The van der Waals surface area contributed by atoms with Crippen molar-refractivity contribution < 1.29 is 4.74 Å². The minimum atomic E-state index is -0.0694. The fourth-order valence-electron chi connectivity index (χ4n) is 1.75. The lowest BCUT2D eigenvalue weighted by Gasteiger charge is -2.21. The van der Waals surface area contributed by atoms with E-state index in [-0.39, 0.29) is 12.1 Å². The summed E-state index contributed by atoms with van der Waals surface area (Å²) in [5.41, 5.74) is 6.14. The highest BCUT2D eigenvalue weighted by molar-refractivity contribution is 7.10. The van der Waals surface area contributed by atoms with E-state index in [4.69, 9.17) is 22.1 Å². The lowest BCUT2D eigenvalue weighted by Crippen LogP contribution is -2.29. The van der Waals surface area contributed by atoms with E-state index in [0.29, 0.717) is 5.92 Å². The largest absolute Gasteiger partial charge is 0.379 e. The highest BCUT2D eigenvalue weighted by atomic mass is 35.5. The number of methoxy groups -OCH3 is 1. The smallest absolute Gasteiger partial charge is 0.0800 e. The molecule has 78 valence electrons. The lowest BCUT2D eigenvalue weighted by molar-refractivity contribution is 0.0633. The van der Waals surface area contributed by atoms with Crippen molar-refractivity contribution in [3.8, 4) is 0 Å². The Bertz CT molecular complexity index is 311. The highest BCUT2D eigenvalue weighted by Crippen LogP contribution is 2.41. The zero-order valence-electron chi connectivity index (χ0n) is 8.07. The normalized spacial score (nSPS) is 20.8. The molecule has 0 spiro atoms. The van der Waals surface area contributed by atoms with Crippen LogP contribution in [0.2, 0.25) is 5.02 Å². The van der Waals surface area contributed by atoms with Gasteiger partial charge in [-0.3, -0.25) is 0 Å². The van der Waals surface area contributed by atoms with Crippen LogP contribution in [0.15, 0.2) is 11.4 Å². The van der Waals surface area contributed by atoms with Gasteiger partial charge in [0.25, 0.3) is 0 Å². The Labute approximate surface area is 93.0 Å². The van der Waals surface area contributed by atoms with Crippen molar-refractivity contribution in [2.45, 2.75) is 25.0 Å². The number of hydrogen-bond donors (Lipinski definition) is 1. The lowest BCUT2D eigenvalue weighted by atomic mass is 10.1. The number of rotatable bonds is 4. The van der Waals surface area contributed by atoms with Crippen LogP contribution in [0.3, 0.4) is 0 Å². The molecule has 1 saturated carbocycles. The molecule has 0 radical (unpaired) electrons. The van der Waals surface area contributed by atoms with Gasteiger partial charge in [-0.15, -0.1) is 11.3 Å². The van der Waals surface area contributed by atoms with Crippen LogP contribution in [-0.2, 0) is 4.74 Å². The number of halogens is 1. The molecule has 2 nitrogen and oxygen atoms in total. The summed E-state index contributed by atoms with van der Waals surface area (Å²) in [5, 5.41) is 2.74. The molecule has 0 aliphatic heterocycles. The minimum absolute atomic E-state index is 0.0694. The van der Waals surface area contributed by atoms with Gasteiger partial charge >= 0.3 is 0 Å². The second kappa shape index (κ2) is 4.19. The molecule has 0 saturated heterocycles. The first-order chi connectivity index (χ1) is 6.74. The van der Waals surface area contributed by atoms with Gasteiger partial charge in [0, 0.05) is 12.0 Å². The maximum Gasteiger partial charge on any atom is 0.0800 e. The fourth-order valence-corrected chi connectivity index (χ4v) is 2.97. The van der Waals surface area contributed by atoms with Gasteiger partial charge in [0.15, 0.2) is 0 Å². The number of ether oxygens (including phenoxy) is 1. The summed E-state index contributed by atoms with van der Waals surface area (Å²) < 4.78 is 5.44. The third-order valence-corrected chi connectivity index (χ3v) is 4.12. The molecule has 2 unspecified atom stereocenters. The Morgan fingerprint density at radius 3 is 2.79 bits per heavy atom. The van der Waals surface area contributed by atoms with Gasteiger partial charge < -0.3 is 10.5 Å². The molecule has 0 aromatic carbocycles. The Hall–Kier alpha value is -0.0900. The van der Waals surface area contributed by atoms with Crippen LogP contribution in [0.5, 0.6) is 0 Å². The summed E-state index contributed by atoms with van der Waals surface area (Å²) in [6.45, 7) is 0. The second-order valence-corrected chi connectivity index (χ2v) is 5.05. The fraction of sp³-hybridized carbons (Fsp3) is 0.600. The molecule has 4 heteroatoms. The van der Waals surface area contributed by atoms with Crippen molar-refractivity contribution in [3.05, 3.63) is 21.3 Å². The SMILES string of the molecule is COC(C1CC1)C(N)c1sccc1Cl. The molecule has 1 aromatic heterocycles. The molecule has 0 bridgehead atoms. The first-order valence-electron chi connectivity index (χ1n) is 4.75. The van der Waals surface area contributed by atoms with E-state index in [1.165, 1.54) is 12.8 Å². The quantitative estimate of drug-likeness (QED) is 0.865. The molecule has 2 atom stereocenters. The van der Waals surface area contributed by atoms with E-state index >= 15 is 0 Å². The molecule has 1 heterocycles. The van der Waals surface area contributed by atoms with Crippen molar-refractivity contribution in [3.63, 3.8) is 0 Å². The monoisotopic (exact) mass is 231 g/mol. The van der Waals surface area contributed by atoms with E-state index in [9.17, 15) is 0 Å². The third kappa shape index (κ3) is 1.96. The highest BCUT2D eigenvalue weighted by Gasteiger charge is 2.36. The molecule has 1 aromatic rings. The van der Waals surface area contributed by atoms with Crippen molar-refractivity contribution in [2.75, 3.05) is 7.11 Å². The summed E-state index contributed by atoms with van der Waals surface area (Å²) >= 11 is 7.65. The van der Waals surface area contributed by atoms with E-state index in [0.717, 1.165) is 9.90 Å². The Balaban J connectivity index is 2.13. The number of nitrogens with two attached hydrogens (primary N) is 1. The van der Waals surface area contributed by atoms with Crippen LogP contribution in [-0.4, -0.2) is 13.2 Å². The zero-order valence-corrected chi connectivity index (χ0v) is 9.65. The van der Waals surface area contributed by atoms with E-state index in [1.54, 1.807) is 18.4 Å². The second-order valence-electron chi connectivity index (χ2n) is 3.70. The van der Waals surface area contributed by atoms with Crippen molar-refractivity contribution in [1.29, 1.82) is 0 Å². The average molecular weight is 232 g/mol. The van der Waals surface area contributed by atoms with Gasteiger partial charge in [0.05, 0.1) is 17.2 Å². The first-order valence-corrected chi connectivity index (χ1v) is 6.01. The van der Waals surface area contributed by atoms with Crippen LogP contribution in [0.25, 0.3) is 0 Å². The minimum Gasteiger partial charge on any atom is -0.379 e.